The van der Waals surface area contributed by atoms with Crippen LogP contribution < -0.4 is 0 Å². The van der Waals surface area contributed by atoms with Crippen molar-refractivity contribution in [2.24, 2.45) is 11.8 Å². The molecule has 2 atom stereocenters. The number of carbonyl (C=O) groups is 2. The van der Waals surface area contributed by atoms with Crippen LogP contribution >= 0.6 is 0 Å². The van der Waals surface area contributed by atoms with Gasteiger partial charge in [0.2, 0.25) is 0 Å². The Hall–Kier alpha value is -4.10. The molecule has 0 spiro atoms. The van der Waals surface area contributed by atoms with E-state index in [0.29, 0.717) is 49.2 Å². The zero-order valence-corrected chi connectivity index (χ0v) is 31.9. The van der Waals surface area contributed by atoms with Gasteiger partial charge in [0.15, 0.2) is 0 Å². The molecule has 2 aliphatic heterocycles. The smallest absolute Gasteiger partial charge is 0.261 e. The highest BCUT2D eigenvalue weighted by molar-refractivity contribution is 6.30. The second-order valence-corrected chi connectivity index (χ2v) is 14.3. The predicted octanol–water partition coefficient (Wildman–Crippen LogP) is 7.75. The molecule has 0 saturated heterocycles. The van der Waals surface area contributed by atoms with E-state index in [1.807, 2.05) is 96.3 Å². The summed E-state index contributed by atoms with van der Waals surface area (Å²) in [4.78, 5) is 37.6. The molecule has 2 aromatic rings. The number of hydrogen-bond acceptors (Lipinski definition) is 4. The van der Waals surface area contributed by atoms with Gasteiger partial charge in [0.25, 0.3) is 11.8 Å². The van der Waals surface area contributed by atoms with Crippen molar-refractivity contribution in [1.29, 1.82) is 0 Å². The Bertz CT molecular complexity index is 1530. The lowest BCUT2D eigenvalue weighted by molar-refractivity contribution is -0.124. The van der Waals surface area contributed by atoms with Gasteiger partial charge in [0.05, 0.1) is 35.6 Å². The average Bonchev–Trinajstić information content (AvgIpc) is 3.54. The van der Waals surface area contributed by atoms with Crippen LogP contribution in [-0.4, -0.2) is 85.8 Å². The van der Waals surface area contributed by atoms with Gasteiger partial charge in [0.1, 0.15) is 0 Å². The number of nitrogens with zero attached hydrogens (tertiary/aromatic N) is 4. The van der Waals surface area contributed by atoms with Crippen molar-refractivity contribution in [2.75, 3.05) is 54.4 Å². The highest BCUT2D eigenvalue weighted by atomic mass is 16.2. The first-order valence-electron chi connectivity index (χ1n) is 18.7. The molecule has 0 fully saturated rings. The van der Waals surface area contributed by atoms with Crippen LogP contribution in [-0.2, 0) is 9.59 Å². The van der Waals surface area contributed by atoms with E-state index in [2.05, 4.69) is 51.4 Å². The molecule has 0 bridgehead atoms. The van der Waals surface area contributed by atoms with Gasteiger partial charge in [-0.25, -0.2) is 0 Å². The Morgan fingerprint density at radius 2 is 0.940 bits per heavy atom. The third kappa shape index (κ3) is 9.57. The summed E-state index contributed by atoms with van der Waals surface area (Å²) >= 11 is 0. The zero-order valence-electron chi connectivity index (χ0n) is 31.9. The topological polar surface area (TPSA) is 47.1 Å². The molecule has 0 saturated carbocycles. The summed E-state index contributed by atoms with van der Waals surface area (Å²) in [6, 6.07) is 16.2. The molecule has 50 heavy (non-hydrogen) atoms. The van der Waals surface area contributed by atoms with Crippen LogP contribution in [0.1, 0.15) is 101 Å². The third-order valence-electron chi connectivity index (χ3n) is 9.72. The van der Waals surface area contributed by atoms with Crippen LogP contribution in [0.2, 0.25) is 0 Å². The number of hydrogen-bond donors (Lipinski definition) is 0. The van der Waals surface area contributed by atoms with E-state index in [-0.39, 0.29) is 11.8 Å². The van der Waals surface area contributed by atoms with Gasteiger partial charge in [-0.2, -0.15) is 0 Å². The Morgan fingerprint density at radius 1 is 0.580 bits per heavy atom. The average molecular weight is 675 g/mol. The largest absolute Gasteiger partial charge is 0.307 e. The molecule has 0 radical (unpaired) electrons. The minimum atomic E-state index is -0.0675. The summed E-state index contributed by atoms with van der Waals surface area (Å²) in [5.74, 6) is 13.5. The van der Waals surface area contributed by atoms with Gasteiger partial charge in [-0.1, -0.05) is 114 Å². The molecule has 2 unspecified atom stereocenters. The maximum absolute atomic E-state index is 14.8. The summed E-state index contributed by atoms with van der Waals surface area (Å²) in [5.41, 5.74) is 6.16. The van der Waals surface area contributed by atoms with Gasteiger partial charge in [0, 0.05) is 24.2 Å². The molecule has 4 rings (SSSR count). The van der Waals surface area contributed by atoms with E-state index in [0.717, 1.165) is 85.0 Å². The summed E-state index contributed by atoms with van der Waals surface area (Å²) in [5, 5.41) is 0. The normalized spacial score (nSPS) is 15.5. The fourth-order valence-electron chi connectivity index (χ4n) is 6.72. The highest BCUT2D eigenvalue weighted by Crippen LogP contribution is 2.47. The lowest BCUT2D eigenvalue weighted by Crippen LogP contribution is -2.34. The quantitative estimate of drug-likeness (QED) is 0.171. The molecule has 6 heteroatoms. The second kappa shape index (κ2) is 18.8. The van der Waals surface area contributed by atoms with Gasteiger partial charge < -0.3 is 9.80 Å². The van der Waals surface area contributed by atoms with E-state index in [9.17, 15) is 9.59 Å². The van der Waals surface area contributed by atoms with Crippen LogP contribution in [0.5, 0.6) is 0 Å². The van der Waals surface area contributed by atoms with Crippen LogP contribution in [0.25, 0.3) is 11.4 Å². The summed E-state index contributed by atoms with van der Waals surface area (Å²) < 4.78 is 0. The molecular weight excluding hydrogens is 617 g/mol. The molecule has 2 aromatic carbocycles. The molecule has 6 nitrogen and oxygen atoms in total. The second-order valence-electron chi connectivity index (χ2n) is 14.3. The predicted molar refractivity (Wildman–Crippen MR) is 208 cm³/mol. The van der Waals surface area contributed by atoms with Crippen molar-refractivity contribution in [3.05, 3.63) is 81.9 Å². The number of fused-ring (bicyclic) bond motifs is 1. The number of unbranched alkanes of at least 4 members (excludes halogenated alkanes) is 2. The van der Waals surface area contributed by atoms with Crippen molar-refractivity contribution in [2.45, 2.75) is 79.1 Å². The highest BCUT2D eigenvalue weighted by Gasteiger charge is 2.49. The Balaban J connectivity index is 1.89. The third-order valence-corrected chi connectivity index (χ3v) is 9.72. The first-order valence-corrected chi connectivity index (χ1v) is 18.7. The zero-order chi connectivity index (χ0) is 36.2. The lowest BCUT2D eigenvalue weighted by Gasteiger charge is -2.29. The molecule has 266 valence electrons. The molecule has 2 aliphatic rings. The van der Waals surface area contributed by atoms with Crippen molar-refractivity contribution < 1.29 is 9.59 Å². The molecule has 0 aromatic heterocycles. The Morgan fingerprint density at radius 3 is 1.24 bits per heavy atom. The van der Waals surface area contributed by atoms with E-state index in [1.165, 1.54) is 0 Å². The van der Waals surface area contributed by atoms with Crippen molar-refractivity contribution in [3.63, 3.8) is 0 Å². The number of carbonyl (C=O) groups excluding carboxylic acids is 2. The first-order chi connectivity index (χ1) is 24.1. The molecule has 0 N–H and O–H groups in total. The Labute approximate surface area is 302 Å². The minimum absolute atomic E-state index is 0.0675. The van der Waals surface area contributed by atoms with E-state index in [4.69, 9.17) is 0 Å². The number of rotatable bonds is 16. The van der Waals surface area contributed by atoms with Gasteiger partial charge in [-0.3, -0.25) is 19.4 Å². The van der Waals surface area contributed by atoms with E-state index in [1.54, 1.807) is 0 Å². The molecule has 2 amide bonds. The van der Waals surface area contributed by atoms with Crippen molar-refractivity contribution >= 4 is 23.2 Å². The summed E-state index contributed by atoms with van der Waals surface area (Å²) in [7, 11) is 8.02. The van der Waals surface area contributed by atoms with Crippen LogP contribution in [0.3, 0.4) is 0 Å². The first kappa shape index (κ1) is 38.7. The minimum Gasteiger partial charge on any atom is -0.307 e. The standard InChI is InChI=1S/C44H58N4O2/c1-9-13-17-33(11-3)31-47-41(37-25-21-35(22-26-37)19-15-29-45(5)6)39-40(43(47)49)42(48(44(39)50)32-34(12-4)18-14-10-2)38-27-23-36(24-28-38)20-16-30-46(7)8/h21-28,33-34H,9-14,17-18,29-32H2,1-8H3. The van der Waals surface area contributed by atoms with Crippen LogP contribution in [0.4, 0.5) is 0 Å². The summed E-state index contributed by atoms with van der Waals surface area (Å²) in [6.07, 6.45) is 8.53. The number of amides is 2. The molecular formula is C44H58N4O2. The fourth-order valence-corrected chi connectivity index (χ4v) is 6.72. The van der Waals surface area contributed by atoms with E-state index < -0.39 is 0 Å². The van der Waals surface area contributed by atoms with E-state index >= 15 is 0 Å². The van der Waals surface area contributed by atoms with Crippen molar-refractivity contribution in [1.82, 2.24) is 19.6 Å². The van der Waals surface area contributed by atoms with Gasteiger partial charge in [-0.05, 0) is 88.3 Å². The molecule has 0 aliphatic carbocycles. The monoisotopic (exact) mass is 674 g/mol. The van der Waals surface area contributed by atoms with Crippen molar-refractivity contribution in [3.8, 4) is 23.7 Å². The maximum Gasteiger partial charge on any atom is 0.261 e. The summed E-state index contributed by atoms with van der Waals surface area (Å²) in [6.45, 7) is 11.4. The van der Waals surface area contributed by atoms with Gasteiger partial charge >= 0.3 is 0 Å². The van der Waals surface area contributed by atoms with Gasteiger partial charge in [-0.15, -0.1) is 0 Å². The van der Waals surface area contributed by atoms with Crippen LogP contribution in [0, 0.1) is 35.5 Å². The molecule has 2 heterocycles. The fraction of sp³-hybridized carbons (Fsp3) is 0.500. The maximum atomic E-state index is 14.8. The number of benzene rings is 2. The SMILES string of the molecule is CCCCC(CC)CN1C(=O)C2=C(c3ccc(C#CCN(C)C)cc3)N(CC(CC)CCCC)C(=O)C2=C1c1ccc(C#CCN(C)C)cc1. The van der Waals surface area contributed by atoms with Crippen LogP contribution in [0.15, 0.2) is 59.7 Å². The lowest BCUT2D eigenvalue weighted by atomic mass is 9.97. The Kier molecular flexibility index (Phi) is 14.5.